The number of methoxy groups -OCH3 is 1. The van der Waals surface area contributed by atoms with Crippen LogP contribution in [-0.4, -0.2) is 27.2 Å². The topological polar surface area (TPSA) is 62.1 Å². The molecule has 0 saturated heterocycles. The van der Waals surface area contributed by atoms with Crippen LogP contribution < -0.4 is 5.06 Å². The van der Waals surface area contributed by atoms with Gasteiger partial charge < -0.3 is 4.74 Å². The maximum atomic E-state index is 12.5. The molecule has 0 amide bonds. The van der Waals surface area contributed by atoms with E-state index in [0.29, 0.717) is 5.69 Å². The van der Waals surface area contributed by atoms with Crippen LogP contribution in [-0.2, 0) is 15.7 Å². The number of para-hydroxylation sites is 1. The van der Waals surface area contributed by atoms with Crippen molar-refractivity contribution >= 4 is 22.6 Å². The van der Waals surface area contributed by atoms with Crippen molar-refractivity contribution in [3.8, 4) is 0 Å². The summed E-state index contributed by atoms with van der Waals surface area (Å²) in [6.07, 6.45) is 0. The molecule has 0 radical (unpaired) electrons. The lowest BCUT2D eigenvalue weighted by Crippen LogP contribution is -2.33. The van der Waals surface area contributed by atoms with E-state index in [4.69, 9.17) is 4.74 Å². The fraction of sp³-hybridized carbons (Fsp3) is 0.350. The Hall–Kier alpha value is -2.18. The van der Waals surface area contributed by atoms with E-state index in [9.17, 15) is 9.42 Å². The van der Waals surface area contributed by atoms with Crippen LogP contribution in [0.25, 0.3) is 0 Å². The van der Waals surface area contributed by atoms with Crippen LogP contribution in [0.1, 0.15) is 37.9 Å². The number of hydrogen-bond acceptors (Lipinski definition) is 4. The standard InChI is InChI=1S/C20H26N2O3S/c1-15-11-13-16(14-12-15)18(22(23)17-9-7-6-8-10-17)19(25-5)21-26(24)20(2,3)4/h6-14,18,23H,1-5H3/b21-19-/t18-,26?/m0/s1. The third kappa shape index (κ3) is 4.93. The lowest BCUT2D eigenvalue weighted by atomic mass is 10.0. The zero-order valence-corrected chi connectivity index (χ0v) is 16.7. The van der Waals surface area contributed by atoms with E-state index in [1.165, 1.54) is 7.11 Å². The molecular formula is C20H26N2O3S. The van der Waals surface area contributed by atoms with Gasteiger partial charge in [-0.15, -0.1) is 0 Å². The Balaban J connectivity index is 2.53. The first-order valence-corrected chi connectivity index (χ1v) is 9.49. The molecule has 1 unspecified atom stereocenters. The second-order valence-corrected chi connectivity index (χ2v) is 8.89. The zero-order chi connectivity index (χ0) is 19.3. The van der Waals surface area contributed by atoms with Gasteiger partial charge >= 0.3 is 0 Å². The number of benzene rings is 2. The highest BCUT2D eigenvalue weighted by molar-refractivity contribution is 7.85. The van der Waals surface area contributed by atoms with Crippen molar-refractivity contribution in [3.05, 3.63) is 65.7 Å². The molecule has 0 aliphatic rings. The van der Waals surface area contributed by atoms with E-state index in [1.54, 1.807) is 12.1 Å². The Morgan fingerprint density at radius 1 is 1.12 bits per heavy atom. The number of hydrogen-bond donors (Lipinski definition) is 1. The zero-order valence-electron chi connectivity index (χ0n) is 15.8. The Labute approximate surface area is 157 Å². The van der Waals surface area contributed by atoms with Gasteiger partial charge in [0.25, 0.3) is 0 Å². The fourth-order valence-electron chi connectivity index (χ4n) is 2.28. The van der Waals surface area contributed by atoms with Gasteiger partial charge in [-0.05, 0) is 45.4 Å². The fourth-order valence-corrected chi connectivity index (χ4v) is 2.90. The molecule has 0 fully saturated rings. The summed E-state index contributed by atoms with van der Waals surface area (Å²) in [5.74, 6) is 0.188. The molecule has 2 aromatic carbocycles. The number of hydroxylamine groups is 1. The van der Waals surface area contributed by atoms with Gasteiger partial charge in [-0.2, -0.15) is 4.40 Å². The maximum absolute atomic E-state index is 12.5. The molecule has 1 N–H and O–H groups in total. The van der Waals surface area contributed by atoms with E-state index in [1.807, 2.05) is 70.2 Å². The number of aryl methyl sites for hydroxylation is 1. The Morgan fingerprint density at radius 3 is 2.19 bits per heavy atom. The summed E-state index contributed by atoms with van der Waals surface area (Å²) in [6, 6.07) is 16.1. The summed E-state index contributed by atoms with van der Waals surface area (Å²) in [5, 5.41) is 12.0. The lowest BCUT2D eigenvalue weighted by molar-refractivity contribution is 0.225. The van der Waals surface area contributed by atoms with E-state index < -0.39 is 21.8 Å². The summed E-state index contributed by atoms with van der Waals surface area (Å²) in [7, 11) is -0.0428. The van der Waals surface area contributed by atoms with Gasteiger partial charge in [0.15, 0.2) is 6.04 Å². The average molecular weight is 375 g/mol. The Bertz CT molecular complexity index is 768. The van der Waals surface area contributed by atoms with Crippen LogP contribution in [0.3, 0.4) is 0 Å². The molecule has 0 saturated carbocycles. The molecule has 0 aromatic heterocycles. The Morgan fingerprint density at radius 2 is 1.69 bits per heavy atom. The molecule has 2 aromatic rings. The van der Waals surface area contributed by atoms with Crippen molar-refractivity contribution in [2.75, 3.05) is 12.2 Å². The summed E-state index contributed by atoms with van der Waals surface area (Å²) in [5.41, 5.74) is 2.48. The third-order valence-electron chi connectivity index (χ3n) is 3.80. The van der Waals surface area contributed by atoms with Crippen molar-refractivity contribution in [2.45, 2.75) is 38.5 Å². The second kappa shape index (κ2) is 8.47. The minimum absolute atomic E-state index is 0.188. The van der Waals surface area contributed by atoms with Crippen LogP contribution in [0.2, 0.25) is 0 Å². The maximum Gasteiger partial charge on any atom is 0.227 e. The predicted molar refractivity (Wildman–Crippen MR) is 107 cm³/mol. The molecule has 0 bridgehead atoms. The van der Waals surface area contributed by atoms with Crippen molar-refractivity contribution in [3.63, 3.8) is 0 Å². The summed E-state index contributed by atoms with van der Waals surface area (Å²) in [4.78, 5) is 0. The number of rotatable bonds is 5. The molecule has 5 nitrogen and oxygen atoms in total. The molecule has 140 valence electrons. The average Bonchev–Trinajstić information content (AvgIpc) is 2.62. The number of anilines is 1. The van der Waals surface area contributed by atoms with E-state index in [-0.39, 0.29) is 5.90 Å². The van der Waals surface area contributed by atoms with Gasteiger partial charge in [0.1, 0.15) is 11.0 Å². The van der Waals surface area contributed by atoms with Crippen LogP contribution in [0.5, 0.6) is 0 Å². The predicted octanol–water partition coefficient (Wildman–Crippen LogP) is 4.44. The third-order valence-corrected chi connectivity index (χ3v) is 5.19. The van der Waals surface area contributed by atoms with Crippen LogP contribution in [0.15, 0.2) is 59.0 Å². The van der Waals surface area contributed by atoms with Gasteiger partial charge in [-0.1, -0.05) is 48.0 Å². The van der Waals surface area contributed by atoms with Crippen LogP contribution >= 0.6 is 0 Å². The minimum atomic E-state index is -1.51. The lowest BCUT2D eigenvalue weighted by Gasteiger charge is -2.28. The van der Waals surface area contributed by atoms with Crippen molar-refractivity contribution in [1.29, 1.82) is 0 Å². The normalized spacial score (nSPS) is 14.6. The van der Waals surface area contributed by atoms with Crippen molar-refractivity contribution in [1.82, 2.24) is 0 Å². The van der Waals surface area contributed by atoms with Gasteiger partial charge in [-0.3, -0.25) is 5.21 Å². The smallest absolute Gasteiger partial charge is 0.227 e. The molecule has 6 heteroatoms. The van der Waals surface area contributed by atoms with Gasteiger partial charge in [0.05, 0.1) is 17.5 Å². The molecule has 0 aliphatic carbocycles. The van der Waals surface area contributed by atoms with Crippen molar-refractivity contribution in [2.24, 2.45) is 4.40 Å². The quantitative estimate of drug-likeness (QED) is 0.477. The van der Waals surface area contributed by atoms with Gasteiger partial charge in [0, 0.05) is 0 Å². The summed E-state index contributed by atoms with van der Waals surface area (Å²) in [6.45, 7) is 7.52. The molecule has 2 atom stereocenters. The molecule has 0 aliphatic heterocycles. The van der Waals surface area contributed by atoms with E-state index in [0.717, 1.165) is 16.2 Å². The summed E-state index contributed by atoms with van der Waals surface area (Å²) < 4.78 is 21.7. The molecule has 2 rings (SSSR count). The van der Waals surface area contributed by atoms with Gasteiger partial charge in [0.2, 0.25) is 5.90 Å². The van der Waals surface area contributed by atoms with E-state index >= 15 is 0 Å². The first kappa shape index (κ1) is 20.1. The molecule has 26 heavy (non-hydrogen) atoms. The molecule has 0 spiro atoms. The van der Waals surface area contributed by atoms with Crippen LogP contribution in [0, 0.1) is 6.92 Å². The number of nitrogens with zero attached hydrogens (tertiary/aromatic N) is 2. The van der Waals surface area contributed by atoms with Gasteiger partial charge in [-0.25, -0.2) is 9.27 Å². The molecular weight excluding hydrogens is 348 g/mol. The first-order valence-electron chi connectivity index (χ1n) is 8.38. The first-order chi connectivity index (χ1) is 12.2. The highest BCUT2D eigenvalue weighted by Gasteiger charge is 2.29. The monoisotopic (exact) mass is 374 g/mol. The summed E-state index contributed by atoms with van der Waals surface area (Å²) >= 11 is 0. The second-order valence-electron chi connectivity index (χ2n) is 6.99. The number of ether oxygens (including phenoxy) is 1. The minimum Gasteiger partial charge on any atom is -0.482 e. The van der Waals surface area contributed by atoms with Crippen LogP contribution in [0.4, 0.5) is 5.69 Å². The molecule has 0 heterocycles. The van der Waals surface area contributed by atoms with Crippen molar-refractivity contribution < 1.29 is 14.2 Å². The Kier molecular flexibility index (Phi) is 6.56. The highest BCUT2D eigenvalue weighted by atomic mass is 32.2. The van der Waals surface area contributed by atoms with E-state index in [2.05, 4.69) is 4.40 Å². The SMILES string of the molecule is CO/C(=N\S(=O)C(C)(C)C)[C@H](c1ccc(C)cc1)N(O)c1ccccc1. The largest absolute Gasteiger partial charge is 0.482 e. The highest BCUT2D eigenvalue weighted by Crippen LogP contribution is 2.28.